The molecule has 0 radical (unpaired) electrons. The summed E-state index contributed by atoms with van der Waals surface area (Å²) in [6.45, 7) is 3.26. The lowest BCUT2D eigenvalue weighted by Gasteiger charge is -2.34. The van der Waals surface area contributed by atoms with Crippen molar-refractivity contribution in [3.63, 3.8) is 0 Å². The number of likely N-dealkylation sites (N-methyl/N-ethyl adjacent to an activating group) is 1. The number of hydrogen-bond acceptors (Lipinski definition) is 8. The summed E-state index contributed by atoms with van der Waals surface area (Å²) in [5, 5.41) is 46.1. The quantitative estimate of drug-likeness (QED) is 0.0985. The average Bonchev–Trinajstić information content (AvgIpc) is 3.16. The Hall–Kier alpha value is -4.36. The molecule has 0 saturated carbocycles. The van der Waals surface area contributed by atoms with Crippen molar-refractivity contribution in [2.45, 2.75) is 54.4 Å². The summed E-state index contributed by atoms with van der Waals surface area (Å²) in [6.07, 6.45) is 2.29. The van der Waals surface area contributed by atoms with Crippen LogP contribution in [0.4, 0.5) is 0 Å². The van der Waals surface area contributed by atoms with E-state index in [4.69, 9.17) is 43.6 Å². The molecular weight excluding hydrogens is 861 g/mol. The molecule has 1 fully saturated rings. The SMILES string of the molecule is CN(C[C@@H](CCN1CCC(c2cc(Br)ccc2S(C)=O)CC1)c1ccc(Cl)c(Cl)c1)C(=O)c1cc(C#N)cc2ccccc12.O=C(O)CC(O)(CC(=O)O)C(=O)O. The van der Waals surface area contributed by atoms with E-state index in [1.807, 2.05) is 67.7 Å². The molecule has 1 heterocycles. The second-order valence-corrected chi connectivity index (χ2v) is 17.0. The number of aliphatic hydroxyl groups is 1. The highest BCUT2D eigenvalue weighted by Gasteiger charge is 2.40. The Bertz CT molecular complexity index is 2190. The maximum absolute atomic E-state index is 13.8. The monoisotopic (exact) mass is 901 g/mol. The van der Waals surface area contributed by atoms with Crippen LogP contribution >= 0.6 is 39.1 Å². The number of carboxylic acid groups (broad SMARTS) is 3. The molecule has 4 aromatic rings. The van der Waals surface area contributed by atoms with Crippen molar-refractivity contribution >= 4 is 84.5 Å². The van der Waals surface area contributed by atoms with E-state index in [-0.39, 0.29) is 11.8 Å². The van der Waals surface area contributed by atoms with Crippen LogP contribution in [0.3, 0.4) is 0 Å². The Morgan fingerprint density at radius 3 is 2.19 bits per heavy atom. The van der Waals surface area contributed by atoms with E-state index in [2.05, 4.69) is 33.0 Å². The minimum atomic E-state index is -2.74. The third kappa shape index (κ3) is 12.3. The molecule has 4 aromatic carbocycles. The number of halogens is 3. The van der Waals surface area contributed by atoms with Gasteiger partial charge in [0.05, 0.1) is 45.3 Å². The Kier molecular flexibility index (Phi) is 16.2. The number of amides is 1. The zero-order chi connectivity index (χ0) is 42.0. The zero-order valence-electron chi connectivity index (χ0n) is 31.2. The van der Waals surface area contributed by atoms with Gasteiger partial charge in [0.1, 0.15) is 0 Å². The van der Waals surface area contributed by atoms with Crippen LogP contribution in [-0.2, 0) is 25.2 Å². The van der Waals surface area contributed by atoms with Crippen molar-refractivity contribution in [3.8, 4) is 6.07 Å². The first kappa shape index (κ1) is 45.3. The van der Waals surface area contributed by atoms with Crippen LogP contribution in [0.5, 0.6) is 0 Å². The van der Waals surface area contributed by atoms with Crippen molar-refractivity contribution in [3.05, 3.63) is 110 Å². The Labute approximate surface area is 351 Å². The van der Waals surface area contributed by atoms with E-state index in [0.29, 0.717) is 33.6 Å². The highest BCUT2D eigenvalue weighted by Crippen LogP contribution is 2.35. The van der Waals surface area contributed by atoms with Crippen molar-refractivity contribution in [1.82, 2.24) is 9.80 Å². The summed E-state index contributed by atoms with van der Waals surface area (Å²) in [6, 6.07) is 25.1. The molecule has 1 aliphatic rings. The third-order valence-corrected chi connectivity index (χ3v) is 12.1. The fourth-order valence-corrected chi connectivity index (χ4v) is 8.42. The third-order valence-electron chi connectivity index (χ3n) is 9.87. The number of nitriles is 1. The van der Waals surface area contributed by atoms with Crippen LogP contribution in [0, 0.1) is 11.3 Å². The number of rotatable bonds is 14. The highest BCUT2D eigenvalue weighted by molar-refractivity contribution is 9.10. The summed E-state index contributed by atoms with van der Waals surface area (Å²) in [7, 11) is 0.789. The van der Waals surface area contributed by atoms with Gasteiger partial charge in [0.2, 0.25) is 0 Å². The number of nitrogens with zero attached hydrogens (tertiary/aromatic N) is 3. The van der Waals surface area contributed by atoms with Crippen molar-refractivity contribution < 1.29 is 43.8 Å². The normalized spacial score (nSPS) is 14.5. The summed E-state index contributed by atoms with van der Waals surface area (Å²) in [4.78, 5) is 49.5. The number of hydrogen-bond donors (Lipinski definition) is 4. The number of carboxylic acids is 3. The predicted molar refractivity (Wildman–Crippen MR) is 221 cm³/mol. The maximum atomic E-state index is 13.8. The first-order chi connectivity index (χ1) is 26.9. The molecule has 12 nitrogen and oxygen atoms in total. The van der Waals surface area contributed by atoms with Crippen LogP contribution in [-0.4, -0.2) is 103 Å². The molecule has 1 saturated heterocycles. The number of piperidine rings is 1. The molecule has 0 aromatic heterocycles. The smallest absolute Gasteiger partial charge is 0.336 e. The fraction of sp³-hybridized carbons (Fsp3) is 0.341. The Balaban J connectivity index is 0.000000476. The van der Waals surface area contributed by atoms with Crippen LogP contribution in [0.15, 0.2) is 82.2 Å². The molecule has 0 bridgehead atoms. The van der Waals surface area contributed by atoms with Gasteiger partial charge in [-0.25, -0.2) is 4.79 Å². The van der Waals surface area contributed by atoms with Crippen LogP contribution in [0.2, 0.25) is 10.0 Å². The van der Waals surface area contributed by atoms with Gasteiger partial charge in [-0.2, -0.15) is 5.26 Å². The first-order valence-corrected chi connectivity index (χ1v) is 20.9. The first-order valence-electron chi connectivity index (χ1n) is 17.8. The van der Waals surface area contributed by atoms with Gasteiger partial charge in [0, 0.05) is 40.7 Å². The molecule has 2 atom stereocenters. The van der Waals surface area contributed by atoms with Gasteiger partial charge in [-0.15, -0.1) is 0 Å². The van der Waals surface area contributed by atoms with E-state index in [0.717, 1.165) is 64.6 Å². The molecule has 57 heavy (non-hydrogen) atoms. The van der Waals surface area contributed by atoms with E-state index in [9.17, 15) is 28.6 Å². The number of carbonyl (C=O) groups is 4. The summed E-state index contributed by atoms with van der Waals surface area (Å²) in [5.41, 5.74) is 0.468. The number of fused-ring (bicyclic) bond motifs is 1. The molecule has 16 heteroatoms. The molecule has 1 aliphatic heterocycles. The lowest BCUT2D eigenvalue weighted by Crippen LogP contribution is -2.42. The van der Waals surface area contributed by atoms with Gasteiger partial charge < -0.3 is 30.2 Å². The van der Waals surface area contributed by atoms with E-state index in [1.54, 1.807) is 17.2 Å². The van der Waals surface area contributed by atoms with Crippen LogP contribution in [0.1, 0.15) is 71.0 Å². The highest BCUT2D eigenvalue weighted by atomic mass is 79.9. The average molecular weight is 904 g/mol. The minimum Gasteiger partial charge on any atom is -0.481 e. The maximum Gasteiger partial charge on any atom is 0.336 e. The number of carbonyl (C=O) groups excluding carboxylic acids is 1. The van der Waals surface area contributed by atoms with Gasteiger partial charge in [-0.1, -0.05) is 69.5 Å². The Morgan fingerprint density at radius 1 is 0.965 bits per heavy atom. The molecule has 0 aliphatic carbocycles. The Morgan fingerprint density at radius 2 is 1.61 bits per heavy atom. The standard InChI is InChI=1S/C35H34BrCl2N3O2S.C6H8O7/c1-40(35(42)31-18-23(21-39)17-26-5-3-4-6-29(26)31)22-27(25-7-9-32(37)33(38)19-25)13-16-41-14-11-24(12-15-41)30-20-28(36)8-10-34(30)44(2)43;7-3(8)1-6(13,5(11)12)2-4(9)10/h3-10,17-20,24,27H,11-16,22H2,1-2H3;13H,1-2H2,(H,7,8)(H,9,10)(H,11,12)/t27-,44?;/m1./s1. The number of benzene rings is 4. The minimum absolute atomic E-state index is 0.0287. The largest absolute Gasteiger partial charge is 0.481 e. The van der Waals surface area contributed by atoms with E-state index in [1.165, 1.54) is 5.56 Å². The van der Waals surface area contributed by atoms with E-state index < -0.39 is 47.2 Å². The molecular formula is C41H42BrCl2N3O9S. The molecule has 5 rings (SSSR count). The molecule has 1 amide bonds. The van der Waals surface area contributed by atoms with Gasteiger partial charge >= 0.3 is 17.9 Å². The predicted octanol–water partition coefficient (Wildman–Crippen LogP) is 7.40. The second-order valence-electron chi connectivity index (χ2n) is 13.9. The van der Waals surface area contributed by atoms with Gasteiger partial charge in [-0.3, -0.25) is 18.6 Å². The van der Waals surface area contributed by atoms with Crippen molar-refractivity contribution in [1.29, 1.82) is 5.26 Å². The lowest BCUT2D eigenvalue weighted by atomic mass is 9.88. The fourth-order valence-electron chi connectivity index (χ4n) is 6.92. The molecule has 1 unspecified atom stereocenters. The van der Waals surface area contributed by atoms with Crippen molar-refractivity contribution in [2.75, 3.05) is 39.5 Å². The zero-order valence-corrected chi connectivity index (χ0v) is 35.1. The van der Waals surface area contributed by atoms with Gasteiger partial charge in [-0.05, 0) is 109 Å². The summed E-state index contributed by atoms with van der Waals surface area (Å²) < 4.78 is 13.4. The molecule has 302 valence electrons. The molecule has 0 spiro atoms. The second kappa shape index (κ2) is 20.4. The number of likely N-dealkylation sites (tertiary alicyclic amines) is 1. The lowest BCUT2D eigenvalue weighted by molar-refractivity contribution is -0.170. The summed E-state index contributed by atoms with van der Waals surface area (Å²) >= 11 is 16.3. The van der Waals surface area contributed by atoms with Crippen LogP contribution in [0.25, 0.3) is 10.8 Å². The molecule has 4 N–H and O–H groups in total. The van der Waals surface area contributed by atoms with Crippen LogP contribution < -0.4 is 0 Å². The topological polar surface area (TPSA) is 197 Å². The van der Waals surface area contributed by atoms with E-state index >= 15 is 0 Å². The van der Waals surface area contributed by atoms with Crippen molar-refractivity contribution in [2.24, 2.45) is 0 Å². The van der Waals surface area contributed by atoms with Gasteiger partial charge in [0.25, 0.3) is 5.91 Å². The van der Waals surface area contributed by atoms with Gasteiger partial charge in [0.15, 0.2) is 5.60 Å². The number of aliphatic carboxylic acids is 3. The summed E-state index contributed by atoms with van der Waals surface area (Å²) in [5.74, 6) is -4.74.